The van der Waals surface area contributed by atoms with Crippen LogP contribution in [0.5, 0.6) is 0 Å². The minimum Gasteiger partial charge on any atom is -0.383 e. The highest BCUT2D eigenvalue weighted by molar-refractivity contribution is 5.45. The van der Waals surface area contributed by atoms with Crippen molar-refractivity contribution in [2.24, 2.45) is 0 Å². The first-order valence-electron chi connectivity index (χ1n) is 6.14. The van der Waals surface area contributed by atoms with Crippen LogP contribution in [0.2, 0.25) is 0 Å². The van der Waals surface area contributed by atoms with E-state index in [1.54, 1.807) is 0 Å². The van der Waals surface area contributed by atoms with Gasteiger partial charge in [0.25, 0.3) is 0 Å². The molecule has 1 atom stereocenters. The summed E-state index contributed by atoms with van der Waals surface area (Å²) in [5.74, 6) is 0. The zero-order chi connectivity index (χ0) is 11.8. The molecule has 90 valence electrons. The van der Waals surface area contributed by atoms with E-state index in [1.807, 2.05) is 0 Å². The van der Waals surface area contributed by atoms with Crippen molar-refractivity contribution in [2.75, 3.05) is 18.5 Å². The molecule has 2 nitrogen and oxygen atoms in total. The van der Waals surface area contributed by atoms with Crippen molar-refractivity contribution in [1.82, 2.24) is 0 Å². The standard InChI is InChI=1S/C14H23NO/c1-4-6-13(3)16-10-9-15-14-8-5-7-12(2)11-14/h5,7-8,11,13,15H,4,6,9-10H2,1-3H3. The average molecular weight is 221 g/mol. The van der Waals surface area contributed by atoms with Crippen LogP contribution in [0.4, 0.5) is 5.69 Å². The summed E-state index contributed by atoms with van der Waals surface area (Å²) < 4.78 is 5.67. The Morgan fingerprint density at radius 2 is 2.19 bits per heavy atom. The molecule has 1 N–H and O–H groups in total. The summed E-state index contributed by atoms with van der Waals surface area (Å²) in [6.07, 6.45) is 2.71. The maximum Gasteiger partial charge on any atom is 0.0642 e. The maximum atomic E-state index is 5.67. The molecule has 0 spiro atoms. The van der Waals surface area contributed by atoms with Crippen LogP contribution >= 0.6 is 0 Å². The van der Waals surface area contributed by atoms with Gasteiger partial charge in [-0.05, 0) is 38.0 Å². The lowest BCUT2D eigenvalue weighted by Crippen LogP contribution is -2.15. The highest BCUT2D eigenvalue weighted by Crippen LogP contribution is 2.09. The topological polar surface area (TPSA) is 21.3 Å². The van der Waals surface area contributed by atoms with Gasteiger partial charge in [-0.3, -0.25) is 0 Å². The molecular formula is C14H23NO. The Hall–Kier alpha value is -1.02. The monoisotopic (exact) mass is 221 g/mol. The minimum absolute atomic E-state index is 0.379. The van der Waals surface area contributed by atoms with Gasteiger partial charge in [0.05, 0.1) is 12.7 Å². The van der Waals surface area contributed by atoms with Crippen LogP contribution in [0.3, 0.4) is 0 Å². The van der Waals surface area contributed by atoms with Crippen LogP contribution in [0.25, 0.3) is 0 Å². The lowest BCUT2D eigenvalue weighted by atomic mass is 10.2. The van der Waals surface area contributed by atoms with Crippen LogP contribution in [-0.4, -0.2) is 19.3 Å². The van der Waals surface area contributed by atoms with Crippen molar-refractivity contribution in [3.8, 4) is 0 Å². The molecule has 1 unspecified atom stereocenters. The predicted octanol–water partition coefficient (Wildman–Crippen LogP) is 3.61. The zero-order valence-electron chi connectivity index (χ0n) is 10.6. The van der Waals surface area contributed by atoms with Gasteiger partial charge in [0.2, 0.25) is 0 Å². The first-order chi connectivity index (χ1) is 7.72. The summed E-state index contributed by atoms with van der Waals surface area (Å²) in [5.41, 5.74) is 2.46. The highest BCUT2D eigenvalue weighted by atomic mass is 16.5. The number of nitrogens with one attached hydrogen (secondary N) is 1. The normalized spacial score (nSPS) is 12.4. The third kappa shape index (κ3) is 5.17. The quantitative estimate of drug-likeness (QED) is 0.710. The van der Waals surface area contributed by atoms with Crippen molar-refractivity contribution < 1.29 is 4.74 Å². The third-order valence-corrected chi connectivity index (χ3v) is 2.55. The van der Waals surface area contributed by atoms with E-state index in [9.17, 15) is 0 Å². The molecule has 0 aromatic heterocycles. The molecule has 0 aliphatic rings. The summed E-state index contributed by atoms with van der Waals surface area (Å²) >= 11 is 0. The van der Waals surface area contributed by atoms with Crippen molar-refractivity contribution in [1.29, 1.82) is 0 Å². The van der Waals surface area contributed by atoms with E-state index in [4.69, 9.17) is 4.74 Å². The maximum absolute atomic E-state index is 5.67. The number of hydrogen-bond acceptors (Lipinski definition) is 2. The number of ether oxygens (including phenoxy) is 1. The van der Waals surface area contributed by atoms with E-state index in [0.29, 0.717) is 6.10 Å². The lowest BCUT2D eigenvalue weighted by Gasteiger charge is -2.12. The SMILES string of the molecule is CCCC(C)OCCNc1cccc(C)c1. The second-order valence-corrected chi connectivity index (χ2v) is 4.27. The van der Waals surface area contributed by atoms with Crippen molar-refractivity contribution in [3.05, 3.63) is 29.8 Å². The molecule has 2 heteroatoms. The van der Waals surface area contributed by atoms with Gasteiger partial charge < -0.3 is 10.1 Å². The van der Waals surface area contributed by atoms with Crippen LogP contribution < -0.4 is 5.32 Å². The van der Waals surface area contributed by atoms with Crippen molar-refractivity contribution >= 4 is 5.69 Å². The Morgan fingerprint density at radius 1 is 1.38 bits per heavy atom. The zero-order valence-corrected chi connectivity index (χ0v) is 10.6. The van der Waals surface area contributed by atoms with Gasteiger partial charge in [0, 0.05) is 12.2 Å². The Labute approximate surface area is 99.0 Å². The second kappa shape index (κ2) is 7.29. The lowest BCUT2D eigenvalue weighted by molar-refractivity contribution is 0.0673. The van der Waals surface area contributed by atoms with Gasteiger partial charge in [0.15, 0.2) is 0 Å². The van der Waals surface area contributed by atoms with E-state index in [1.165, 1.54) is 17.7 Å². The molecule has 0 heterocycles. The van der Waals surface area contributed by atoms with Crippen LogP contribution in [0.15, 0.2) is 24.3 Å². The molecule has 0 fully saturated rings. The van der Waals surface area contributed by atoms with Gasteiger partial charge in [-0.2, -0.15) is 0 Å². The van der Waals surface area contributed by atoms with E-state index in [0.717, 1.165) is 19.6 Å². The molecule has 0 aliphatic heterocycles. The molecule has 0 amide bonds. The Bertz CT molecular complexity index is 299. The predicted molar refractivity (Wildman–Crippen MR) is 70.0 cm³/mol. The van der Waals surface area contributed by atoms with Crippen LogP contribution in [0.1, 0.15) is 32.3 Å². The van der Waals surface area contributed by atoms with Gasteiger partial charge in [-0.1, -0.05) is 25.5 Å². The summed E-state index contributed by atoms with van der Waals surface area (Å²) in [5, 5.41) is 3.36. The van der Waals surface area contributed by atoms with Crippen molar-refractivity contribution in [3.63, 3.8) is 0 Å². The van der Waals surface area contributed by atoms with E-state index in [-0.39, 0.29) is 0 Å². The number of benzene rings is 1. The second-order valence-electron chi connectivity index (χ2n) is 4.27. The molecule has 16 heavy (non-hydrogen) atoms. The Balaban J connectivity index is 2.16. The molecule has 1 aromatic carbocycles. The van der Waals surface area contributed by atoms with Crippen molar-refractivity contribution in [2.45, 2.75) is 39.7 Å². The summed E-state index contributed by atoms with van der Waals surface area (Å²) in [6.45, 7) is 8.07. The van der Waals surface area contributed by atoms with Gasteiger partial charge in [-0.25, -0.2) is 0 Å². The van der Waals surface area contributed by atoms with E-state index < -0.39 is 0 Å². The average Bonchev–Trinajstić information content (AvgIpc) is 2.25. The molecule has 0 bridgehead atoms. The number of aryl methyl sites for hydroxylation is 1. The third-order valence-electron chi connectivity index (χ3n) is 2.55. The molecule has 0 saturated carbocycles. The molecule has 1 aromatic rings. The van der Waals surface area contributed by atoms with Gasteiger partial charge >= 0.3 is 0 Å². The largest absolute Gasteiger partial charge is 0.383 e. The van der Waals surface area contributed by atoms with E-state index in [2.05, 4.69) is 50.4 Å². The molecule has 0 saturated heterocycles. The van der Waals surface area contributed by atoms with E-state index >= 15 is 0 Å². The number of anilines is 1. The Kier molecular flexibility index (Phi) is 5.94. The number of hydrogen-bond donors (Lipinski definition) is 1. The molecular weight excluding hydrogens is 198 g/mol. The smallest absolute Gasteiger partial charge is 0.0642 e. The summed E-state index contributed by atoms with van der Waals surface area (Å²) in [4.78, 5) is 0. The highest BCUT2D eigenvalue weighted by Gasteiger charge is 1.99. The first kappa shape index (κ1) is 13.0. The Morgan fingerprint density at radius 3 is 2.88 bits per heavy atom. The first-order valence-corrected chi connectivity index (χ1v) is 6.14. The minimum atomic E-state index is 0.379. The molecule has 0 aliphatic carbocycles. The van der Waals surface area contributed by atoms with Crippen LogP contribution in [0, 0.1) is 6.92 Å². The number of rotatable bonds is 7. The fraction of sp³-hybridized carbons (Fsp3) is 0.571. The molecule has 0 radical (unpaired) electrons. The summed E-state index contributed by atoms with van der Waals surface area (Å²) in [7, 11) is 0. The van der Waals surface area contributed by atoms with Gasteiger partial charge in [-0.15, -0.1) is 0 Å². The summed E-state index contributed by atoms with van der Waals surface area (Å²) in [6, 6.07) is 8.40. The fourth-order valence-electron chi connectivity index (χ4n) is 1.70. The van der Waals surface area contributed by atoms with Crippen LogP contribution in [-0.2, 0) is 4.74 Å². The van der Waals surface area contributed by atoms with Gasteiger partial charge in [0.1, 0.15) is 0 Å². The fourth-order valence-corrected chi connectivity index (χ4v) is 1.70. The molecule has 1 rings (SSSR count).